The van der Waals surface area contributed by atoms with E-state index in [0.29, 0.717) is 66.1 Å². The zero-order chi connectivity index (χ0) is 105. The quantitative estimate of drug-likeness (QED) is 0.0129. The zero-order valence-electron chi connectivity index (χ0n) is 88.6. The Hall–Kier alpha value is -6.21. The number of aromatic amines is 2. The fourth-order valence-corrected chi connectivity index (χ4v) is 27.1. The molecule has 15 saturated heterocycles. The Labute approximate surface area is 958 Å². The number of piperidine rings is 1. The van der Waals surface area contributed by atoms with Gasteiger partial charge in [-0.15, -0.1) is 0 Å². The van der Waals surface area contributed by atoms with Crippen LogP contribution in [-0.4, -0.2) is 242 Å². The number of H-pyrrole nitrogens is 2. The van der Waals surface area contributed by atoms with Crippen LogP contribution in [0.25, 0.3) is 0 Å². The number of carbonyl (C=O) groups excluding carboxylic acids is 10. The number of likely N-dealkylation sites (tertiary alicyclic amines) is 1. The molecule has 5 amide bonds. The van der Waals surface area contributed by atoms with Crippen molar-refractivity contribution in [2.75, 3.05) is 26.2 Å². The molecular weight excluding hydrogens is 2000 g/mol. The summed E-state index contributed by atoms with van der Waals surface area (Å²) in [6, 6.07) is -4.37. The van der Waals surface area contributed by atoms with Gasteiger partial charge in [-0.05, 0) is 152 Å². The molecule has 0 aromatic carbocycles. The van der Waals surface area contributed by atoms with E-state index in [2.05, 4.69) is 108 Å². The van der Waals surface area contributed by atoms with E-state index >= 15 is 0 Å². The predicted octanol–water partition coefficient (Wildman–Crippen LogP) is -8.73. The van der Waals surface area contributed by atoms with Crippen LogP contribution in [0.15, 0.2) is 68.6 Å². The summed E-state index contributed by atoms with van der Waals surface area (Å²) in [5.41, 5.74) is 5.89. The average molecular weight is 2140 g/mol. The number of nitrogens with zero attached hydrogens (tertiary/aromatic N) is 7. The van der Waals surface area contributed by atoms with Crippen molar-refractivity contribution >= 4 is 90.1 Å². The van der Waals surface area contributed by atoms with E-state index in [4.69, 9.17) is 93.2 Å². The number of amides is 5. The molecule has 9 N–H and O–H groups in total. The average Bonchev–Trinajstić information content (AvgIpc) is 1.26. The Morgan fingerprint density at radius 1 is 0.513 bits per heavy atom. The maximum Gasteiger partial charge on any atom is 1.00 e. The van der Waals surface area contributed by atoms with Crippen molar-refractivity contribution in [2.45, 2.75) is 345 Å². The second kappa shape index (κ2) is 50.8. The number of hydrogen-bond acceptors (Lipinski definition) is 38. The summed E-state index contributed by atoms with van der Waals surface area (Å²) in [4.78, 5) is 211. The molecule has 0 radical (unpaired) electrons. The number of aliphatic carboxylic acids is 4. The molecule has 17 aliphatic heterocycles. The van der Waals surface area contributed by atoms with Crippen LogP contribution < -0.4 is 166 Å². The van der Waals surface area contributed by atoms with E-state index < -0.39 is 131 Å². The number of carboxylic acid groups (broad SMARTS) is 4. The first-order valence-electron chi connectivity index (χ1n) is 51.4. The number of nitrogens with two attached hydrogens (primary N) is 1. The van der Waals surface area contributed by atoms with Crippen molar-refractivity contribution in [3.8, 4) is 0 Å². The first kappa shape index (κ1) is 122. The minimum absolute atomic E-state index is 0. The van der Waals surface area contributed by atoms with Gasteiger partial charge in [0.15, 0.2) is 34.8 Å². The van der Waals surface area contributed by atoms with Crippen LogP contribution in [0, 0.1) is 99.6 Å². The largest absolute Gasteiger partial charge is 1.00 e. The van der Waals surface area contributed by atoms with Gasteiger partial charge in [-0.25, -0.2) is 53.9 Å². The third kappa shape index (κ3) is 24.6. The summed E-state index contributed by atoms with van der Waals surface area (Å²) >= 11 is 0. The van der Waals surface area contributed by atoms with Gasteiger partial charge >= 0.3 is 130 Å². The molecule has 23 aliphatic rings. The summed E-state index contributed by atoms with van der Waals surface area (Å²) in [7, 11) is 0. The van der Waals surface area contributed by atoms with Gasteiger partial charge in [-0.2, -0.15) is 0 Å². The summed E-state index contributed by atoms with van der Waals surface area (Å²) in [6.45, 7) is 25.0. The van der Waals surface area contributed by atoms with Crippen molar-refractivity contribution in [3.63, 3.8) is 0 Å². The standard InChI is InChI=1S/C25H35N3O7.2C24H34N4O7.C16H22O5.C10H15N3O3.CH2O3.4Na/c1-14-4-5-18-15(2)21(32-23-25(18)17(14)6-9-24(3,33-23)34-35-25)27-11-8-20(29)28-19(22(30)31)12-16-7-10-26-13-16;1-13-4-5-17-14(2)20(30)28(22-24(17)16(13)6-8-23(3,33-22)34-35-24)9-7-19(29)27-18(21(31)32)10-15-11-25-12-26-15;1-13-4-5-17-14(2)20(32-22-24(17)16(13)6-8-23(3,33-22)34-35-24)26-9-7-19(29)28-18(21(30)31)10-15-11-25-12-27-15;1-8-4-5-16-9(2)11(17)18-12-10(16)15(8)7-6-14(3,19-12)21-20-13(15)16;11-3-1-9(14)13-8(10(15)16)5-7-2-4-12-6-7;2-1-4-3;;;;/h10,13-15,17-19,23H,4-9,11-12H2,1-3H3,(H,28,29)(H,30,31);11-14,16-18,22H,4-10H2,1-3H3,(H,25,26)(H,27,29)(H,31,32);11-14,16-18,22H,4-10H2,1-3H3,(H,25,27)(H,28,29)(H,30,31);8-10,12-13H,4-7H2,1-3H3;4,6,8H,1-3,5,11H2,(H,13,14)(H,15,16);1,3H;;;;/q;;;;;;4*+1/p-4. The number of carbonyl (C=O) groups is 11. The number of hydrogen-bond donors (Lipinski definition) is 8. The van der Waals surface area contributed by atoms with E-state index in [1.54, 1.807) is 29.7 Å². The molecule has 33 atom stereocenters. The van der Waals surface area contributed by atoms with Crippen molar-refractivity contribution in [3.05, 3.63) is 60.0 Å². The molecule has 6 aliphatic carbocycles. The van der Waals surface area contributed by atoms with Crippen molar-refractivity contribution in [1.29, 1.82) is 0 Å². The SMILES string of the molecule is CC1CCC23C(C)C(=O)OC4OC5(C)CCC1(C2OO5)C43.CC1CCC2C(C)C(=NCCC(=O)NC(CC3=CN=CC3)C(=O)[O-])OC3OC4(C)CCC1C32OO4.CC1CCC2C(C)C(=NCCC(=O)NC(Cc3cnc[nH]3)C(=O)[O-])OC3OC4(C)CCC1C32OO4.CC1CCC2C(C)C(=O)N(CCC(=O)NC(Cc3cnc[nH]3)C(=O)[O-])C3OC4(C)CCC1C23OO4.NCCC(=O)NC(CC1=CN=CC1)C(=O)O.O=CO[O-].[Na+].[Na+].[Na+].[Na+]. The number of fused-ring (bicyclic) bond motifs is 10. The number of rotatable bonds is 28. The molecular formula is C100H138N14Na4O32. The third-order valence-corrected chi connectivity index (χ3v) is 34.8. The number of ether oxygens (including phenoxy) is 7. The van der Waals surface area contributed by atoms with Crippen LogP contribution in [0.5, 0.6) is 0 Å². The van der Waals surface area contributed by atoms with Gasteiger partial charge in [0.2, 0.25) is 71.6 Å². The predicted molar refractivity (Wildman–Crippen MR) is 496 cm³/mol. The minimum atomic E-state index is -1.39. The molecule has 150 heavy (non-hydrogen) atoms. The molecule has 9 bridgehead atoms. The Morgan fingerprint density at radius 3 is 1.38 bits per heavy atom. The maximum atomic E-state index is 13.5. The van der Waals surface area contributed by atoms with Crippen LogP contribution in [0.2, 0.25) is 0 Å². The van der Waals surface area contributed by atoms with Gasteiger partial charge in [-0.3, -0.25) is 53.5 Å². The van der Waals surface area contributed by atoms with Gasteiger partial charge in [0.1, 0.15) is 12.1 Å². The second-order valence-electron chi connectivity index (χ2n) is 43.7. The summed E-state index contributed by atoms with van der Waals surface area (Å²) in [6.07, 6.45) is 26.9. The fourth-order valence-electron chi connectivity index (χ4n) is 27.1. The van der Waals surface area contributed by atoms with Crippen molar-refractivity contribution in [1.82, 2.24) is 46.1 Å². The van der Waals surface area contributed by atoms with Gasteiger partial charge in [0.05, 0.1) is 67.7 Å². The van der Waals surface area contributed by atoms with Gasteiger partial charge in [0, 0.05) is 209 Å². The van der Waals surface area contributed by atoms with Crippen LogP contribution in [-0.2, 0) is 143 Å². The molecule has 2 aromatic heterocycles. The number of aromatic nitrogens is 4. The Kier molecular flexibility index (Phi) is 41.4. The number of imidazole rings is 2. The van der Waals surface area contributed by atoms with Crippen LogP contribution >= 0.6 is 0 Å². The first-order valence-corrected chi connectivity index (χ1v) is 51.4. The molecule has 6 saturated carbocycles. The Bertz CT molecular complexity index is 5330. The van der Waals surface area contributed by atoms with Crippen molar-refractivity contribution in [2.24, 2.45) is 125 Å². The molecule has 25 rings (SSSR count). The number of aliphatic imine (C=N–C) groups is 4. The van der Waals surface area contributed by atoms with Gasteiger partial charge in [0.25, 0.3) is 6.47 Å². The zero-order valence-corrected chi connectivity index (χ0v) is 96.6. The third-order valence-electron chi connectivity index (χ3n) is 34.8. The van der Waals surface area contributed by atoms with Crippen molar-refractivity contribution < 1.29 is 274 Å². The van der Waals surface area contributed by atoms with Crippen LogP contribution in [0.3, 0.4) is 0 Å². The topological polar surface area (TPSA) is 632 Å². The Balaban J connectivity index is 0.000000167. The summed E-state index contributed by atoms with van der Waals surface area (Å²) in [5, 5.41) is 61.9. The number of nitrogens with one attached hydrogen (secondary N) is 6. The second-order valence-corrected chi connectivity index (χ2v) is 43.7. The molecule has 33 unspecified atom stereocenters. The van der Waals surface area contributed by atoms with E-state index in [0.717, 1.165) is 107 Å². The number of carboxylic acids is 4. The summed E-state index contributed by atoms with van der Waals surface area (Å²) in [5.74, 6) is -6.82. The van der Waals surface area contributed by atoms with E-state index in [1.807, 2.05) is 41.5 Å². The fraction of sp³-hybridized carbons (Fsp3) is 0.750. The van der Waals surface area contributed by atoms with E-state index in [1.165, 1.54) is 25.0 Å². The first-order chi connectivity index (χ1) is 69.6. The Morgan fingerprint density at radius 2 is 0.940 bits per heavy atom. The molecule has 5 spiro atoms. The van der Waals surface area contributed by atoms with E-state index in [-0.39, 0.29) is 302 Å². The molecule has 804 valence electrons. The van der Waals surface area contributed by atoms with Crippen LogP contribution in [0.1, 0.15) is 249 Å². The number of esters is 1. The molecule has 21 fully saturated rings. The molecule has 19 heterocycles. The smallest absolute Gasteiger partial charge is 0.662 e. The molecule has 46 nitrogen and oxygen atoms in total. The maximum absolute atomic E-state index is 13.5. The van der Waals surface area contributed by atoms with Crippen LogP contribution in [0.4, 0.5) is 0 Å². The summed E-state index contributed by atoms with van der Waals surface area (Å²) < 4.78 is 43.4. The minimum Gasteiger partial charge on any atom is -0.662 e. The van der Waals surface area contributed by atoms with Gasteiger partial charge < -0.3 is 120 Å². The van der Waals surface area contributed by atoms with Gasteiger partial charge in [-0.1, -0.05) is 55.4 Å². The normalized spacial score (nSPS) is 38.9. The molecule has 50 heteroatoms. The van der Waals surface area contributed by atoms with E-state index in [9.17, 15) is 63.3 Å². The molecule has 2 aromatic rings. The monoisotopic (exact) mass is 2140 g/mol.